The lowest BCUT2D eigenvalue weighted by atomic mass is 10.1. The normalized spacial score (nSPS) is 6.67. The SMILES string of the molecule is C.C=CCCCCCCC(=O)O.N=C=O.N=C=O. The molecule has 0 heterocycles. The van der Waals surface area contributed by atoms with Crippen LogP contribution in [0.5, 0.6) is 0 Å². The van der Waals surface area contributed by atoms with Gasteiger partial charge in [0.15, 0.2) is 0 Å². The van der Waals surface area contributed by atoms with Crippen LogP contribution in [0.15, 0.2) is 12.7 Å². The minimum atomic E-state index is -0.686. The monoisotopic (exact) mass is 258 g/mol. The number of unbranched alkanes of at least 4 members (excludes halogenated alkanes) is 4. The van der Waals surface area contributed by atoms with Gasteiger partial charge in [0.2, 0.25) is 12.2 Å². The quantitative estimate of drug-likeness (QED) is 0.281. The van der Waals surface area contributed by atoms with Crippen LogP contribution < -0.4 is 0 Å². The summed E-state index contributed by atoms with van der Waals surface area (Å²) in [6, 6.07) is 0. The highest BCUT2D eigenvalue weighted by Crippen LogP contribution is 2.04. The van der Waals surface area contributed by atoms with Crippen LogP contribution in [0.25, 0.3) is 0 Å². The lowest BCUT2D eigenvalue weighted by Gasteiger charge is -1.95. The van der Waals surface area contributed by atoms with Crippen LogP contribution in [-0.2, 0) is 14.4 Å². The Morgan fingerprint density at radius 3 is 1.83 bits per heavy atom. The molecule has 6 heteroatoms. The van der Waals surface area contributed by atoms with Gasteiger partial charge in [-0.15, -0.1) is 6.58 Å². The van der Waals surface area contributed by atoms with E-state index in [9.17, 15) is 4.79 Å². The number of carboxylic acid groups (broad SMARTS) is 1. The number of carboxylic acids is 1. The minimum Gasteiger partial charge on any atom is -0.481 e. The Hall–Kier alpha value is -2.03. The molecule has 0 aromatic carbocycles. The van der Waals surface area contributed by atoms with E-state index in [0.29, 0.717) is 6.42 Å². The van der Waals surface area contributed by atoms with E-state index in [0.717, 1.165) is 44.3 Å². The van der Waals surface area contributed by atoms with Crippen LogP contribution in [-0.4, -0.2) is 23.2 Å². The second-order valence-corrected chi connectivity index (χ2v) is 2.84. The van der Waals surface area contributed by atoms with E-state index in [1.807, 2.05) is 6.08 Å². The average molecular weight is 258 g/mol. The van der Waals surface area contributed by atoms with Crippen molar-refractivity contribution in [1.82, 2.24) is 0 Å². The number of isocyanates is 2. The molecule has 0 amide bonds. The van der Waals surface area contributed by atoms with Crippen molar-refractivity contribution in [3.8, 4) is 0 Å². The van der Waals surface area contributed by atoms with Gasteiger partial charge in [0.05, 0.1) is 0 Å². The zero-order chi connectivity index (χ0) is 13.9. The predicted molar refractivity (Wildman–Crippen MR) is 69.1 cm³/mol. The molecule has 0 aliphatic carbocycles. The van der Waals surface area contributed by atoms with Crippen LogP contribution in [0, 0.1) is 10.8 Å². The molecule has 0 aliphatic rings. The largest absolute Gasteiger partial charge is 0.481 e. The maximum atomic E-state index is 10.1. The van der Waals surface area contributed by atoms with Gasteiger partial charge in [0.1, 0.15) is 0 Å². The van der Waals surface area contributed by atoms with Gasteiger partial charge < -0.3 is 5.11 Å². The number of aliphatic carboxylic acids is 1. The lowest BCUT2D eigenvalue weighted by molar-refractivity contribution is -0.137. The van der Waals surface area contributed by atoms with E-state index in [2.05, 4.69) is 6.58 Å². The van der Waals surface area contributed by atoms with Crippen molar-refractivity contribution in [2.45, 2.75) is 46.0 Å². The van der Waals surface area contributed by atoms with Crippen LogP contribution in [0.1, 0.15) is 46.0 Å². The molecule has 0 radical (unpaired) electrons. The zero-order valence-electron chi connectivity index (χ0n) is 9.70. The van der Waals surface area contributed by atoms with Crippen LogP contribution >= 0.6 is 0 Å². The Balaban J connectivity index is -0.000000119. The van der Waals surface area contributed by atoms with Gasteiger partial charge in [-0.1, -0.05) is 26.3 Å². The Kier molecular flexibility index (Phi) is 40.8. The standard InChI is InChI=1S/C9H16O2.2CHNO.CH4/c1-2-3-4-5-6-7-8-9(10)11;2*2-1-3;/h2H,1,3-8H2,(H,10,11);2*2H;1H4. The number of rotatable bonds is 7. The number of hydrogen-bond donors (Lipinski definition) is 3. The summed E-state index contributed by atoms with van der Waals surface area (Å²) in [4.78, 5) is 26.8. The second kappa shape index (κ2) is 29.4. The Labute approximate surface area is 108 Å². The highest BCUT2D eigenvalue weighted by Gasteiger charge is 1.94. The summed E-state index contributed by atoms with van der Waals surface area (Å²) in [5.74, 6) is -0.686. The summed E-state index contributed by atoms with van der Waals surface area (Å²) in [7, 11) is 0. The number of carbonyl (C=O) groups excluding carboxylic acids is 2. The maximum absolute atomic E-state index is 10.1. The molecule has 0 spiro atoms. The van der Waals surface area contributed by atoms with Gasteiger partial charge in [0, 0.05) is 6.42 Å². The molecule has 0 bridgehead atoms. The topological polar surface area (TPSA) is 119 Å². The van der Waals surface area contributed by atoms with Gasteiger partial charge >= 0.3 is 5.97 Å². The van der Waals surface area contributed by atoms with Crippen molar-refractivity contribution < 1.29 is 19.5 Å². The second-order valence-electron chi connectivity index (χ2n) is 2.84. The number of carbonyl (C=O) groups is 1. The Morgan fingerprint density at radius 2 is 1.50 bits per heavy atom. The average Bonchev–Trinajstić information content (AvgIpc) is 2.25. The van der Waals surface area contributed by atoms with Gasteiger partial charge in [0.25, 0.3) is 0 Å². The first-order chi connectivity index (χ1) is 8.10. The molecule has 0 aliphatic heterocycles. The fourth-order valence-electron chi connectivity index (χ4n) is 0.918. The number of allylic oxidation sites excluding steroid dienone is 1. The highest BCUT2D eigenvalue weighted by molar-refractivity contribution is 5.66. The summed E-state index contributed by atoms with van der Waals surface area (Å²) in [6.07, 6.45) is 8.87. The fraction of sp³-hybridized carbons (Fsp3) is 0.583. The van der Waals surface area contributed by atoms with E-state index < -0.39 is 5.97 Å². The van der Waals surface area contributed by atoms with Crippen LogP contribution in [0.3, 0.4) is 0 Å². The van der Waals surface area contributed by atoms with Gasteiger partial charge in [-0.05, 0) is 19.3 Å². The maximum Gasteiger partial charge on any atom is 0.303 e. The summed E-state index contributed by atoms with van der Waals surface area (Å²) < 4.78 is 0. The number of nitrogens with one attached hydrogen (secondary N) is 2. The molecule has 104 valence electrons. The number of hydrogen-bond acceptors (Lipinski definition) is 5. The molecule has 0 aromatic rings. The molecular formula is C12H22N2O4. The molecule has 0 rings (SSSR count). The molecule has 0 aromatic heterocycles. The van der Waals surface area contributed by atoms with Gasteiger partial charge in [-0.25, -0.2) is 20.4 Å². The van der Waals surface area contributed by atoms with E-state index in [4.69, 9.17) is 25.5 Å². The summed E-state index contributed by atoms with van der Waals surface area (Å²) in [5, 5.41) is 19.1. The summed E-state index contributed by atoms with van der Waals surface area (Å²) >= 11 is 0. The first-order valence-electron chi connectivity index (χ1n) is 5.01. The minimum absolute atomic E-state index is 0. The third kappa shape index (κ3) is 65.9. The van der Waals surface area contributed by atoms with Crippen molar-refractivity contribution in [2.24, 2.45) is 0 Å². The molecule has 0 atom stereocenters. The molecule has 18 heavy (non-hydrogen) atoms. The van der Waals surface area contributed by atoms with Crippen LogP contribution in [0.2, 0.25) is 0 Å². The third-order valence-electron chi connectivity index (χ3n) is 1.55. The molecule has 0 unspecified atom stereocenters. The summed E-state index contributed by atoms with van der Waals surface area (Å²) in [6.45, 7) is 3.61. The molecular weight excluding hydrogens is 236 g/mol. The van der Waals surface area contributed by atoms with Crippen LogP contribution in [0.4, 0.5) is 0 Å². The van der Waals surface area contributed by atoms with Crippen molar-refractivity contribution in [1.29, 1.82) is 10.8 Å². The molecule has 6 nitrogen and oxygen atoms in total. The van der Waals surface area contributed by atoms with E-state index in [1.165, 1.54) is 0 Å². The molecule has 0 fully saturated rings. The van der Waals surface area contributed by atoms with E-state index in [1.54, 1.807) is 0 Å². The van der Waals surface area contributed by atoms with E-state index >= 15 is 0 Å². The van der Waals surface area contributed by atoms with Gasteiger partial charge in [-0.2, -0.15) is 0 Å². The molecule has 0 saturated heterocycles. The Morgan fingerprint density at radius 1 is 1.11 bits per heavy atom. The Bertz CT molecular complexity index is 241. The fourth-order valence-corrected chi connectivity index (χ4v) is 0.918. The van der Waals surface area contributed by atoms with Crippen molar-refractivity contribution in [2.75, 3.05) is 0 Å². The first-order valence-corrected chi connectivity index (χ1v) is 5.01. The molecule has 3 N–H and O–H groups in total. The molecule has 0 saturated carbocycles. The van der Waals surface area contributed by atoms with E-state index in [-0.39, 0.29) is 7.43 Å². The highest BCUT2D eigenvalue weighted by atomic mass is 16.4. The smallest absolute Gasteiger partial charge is 0.303 e. The first kappa shape index (κ1) is 25.0. The zero-order valence-corrected chi connectivity index (χ0v) is 9.70. The van der Waals surface area contributed by atoms with Crippen molar-refractivity contribution in [3.63, 3.8) is 0 Å². The van der Waals surface area contributed by atoms with Gasteiger partial charge in [-0.3, -0.25) is 4.79 Å². The summed E-state index contributed by atoms with van der Waals surface area (Å²) in [5.41, 5.74) is 0. The van der Waals surface area contributed by atoms with Crippen molar-refractivity contribution in [3.05, 3.63) is 12.7 Å². The van der Waals surface area contributed by atoms with Crippen molar-refractivity contribution >= 4 is 18.1 Å². The third-order valence-corrected chi connectivity index (χ3v) is 1.55. The lowest BCUT2D eigenvalue weighted by Crippen LogP contribution is -1.93. The predicted octanol–water partition coefficient (Wildman–Crippen LogP) is 3.04.